The molecule has 1 aromatic carbocycles. The van der Waals surface area contributed by atoms with Crippen molar-refractivity contribution in [3.63, 3.8) is 0 Å². The third-order valence-electron chi connectivity index (χ3n) is 3.78. The zero-order valence-corrected chi connectivity index (χ0v) is 14.1. The Labute approximate surface area is 133 Å². The molecule has 122 valence electrons. The number of allylic oxidation sites excluding steroid dienone is 3. The Morgan fingerprint density at radius 1 is 1.14 bits per heavy atom. The molecule has 0 heterocycles. The second kappa shape index (κ2) is 9.44. The molecule has 0 aliphatic rings. The smallest absolute Gasteiger partial charge is 0.119 e. The molecular formula is C19H28O3. The zero-order valence-electron chi connectivity index (χ0n) is 14.1. The van der Waals surface area contributed by atoms with E-state index in [1.54, 1.807) is 13.2 Å². The van der Waals surface area contributed by atoms with Crippen LogP contribution in [0.15, 0.2) is 35.4 Å². The number of hydrogen-bond acceptors (Lipinski definition) is 3. The van der Waals surface area contributed by atoms with E-state index in [0.717, 1.165) is 29.5 Å². The van der Waals surface area contributed by atoms with Crippen LogP contribution < -0.4 is 0 Å². The Morgan fingerprint density at radius 3 is 2.50 bits per heavy atom. The average molecular weight is 304 g/mol. The zero-order chi connectivity index (χ0) is 16.5. The number of aromatic hydroxyl groups is 1. The Balaban J connectivity index is 2.62. The lowest BCUT2D eigenvalue weighted by molar-refractivity contribution is 0.225. The highest BCUT2D eigenvalue weighted by molar-refractivity contribution is 5.42. The van der Waals surface area contributed by atoms with Crippen molar-refractivity contribution in [3.8, 4) is 5.75 Å². The number of rotatable bonds is 8. The maximum absolute atomic E-state index is 10.00. The van der Waals surface area contributed by atoms with Crippen LogP contribution in [0.2, 0.25) is 0 Å². The van der Waals surface area contributed by atoms with Crippen LogP contribution in [0.5, 0.6) is 5.75 Å². The van der Waals surface area contributed by atoms with Gasteiger partial charge in [0.1, 0.15) is 5.75 Å². The normalized spacial score (nSPS) is 12.8. The van der Waals surface area contributed by atoms with Crippen molar-refractivity contribution in [1.82, 2.24) is 0 Å². The maximum atomic E-state index is 10.00. The van der Waals surface area contributed by atoms with Crippen LogP contribution in [0.25, 0.3) is 0 Å². The van der Waals surface area contributed by atoms with Crippen LogP contribution in [0.1, 0.15) is 43.4 Å². The van der Waals surface area contributed by atoms with Gasteiger partial charge in [0.15, 0.2) is 0 Å². The molecule has 0 atom stereocenters. The van der Waals surface area contributed by atoms with Crippen molar-refractivity contribution in [2.45, 2.75) is 46.6 Å². The van der Waals surface area contributed by atoms with Crippen LogP contribution in [0.3, 0.4) is 0 Å². The summed E-state index contributed by atoms with van der Waals surface area (Å²) in [6.45, 7) is 6.77. The van der Waals surface area contributed by atoms with E-state index < -0.39 is 0 Å². The molecule has 3 nitrogen and oxygen atoms in total. The minimum atomic E-state index is 0.00534. The highest BCUT2D eigenvalue weighted by Gasteiger charge is 2.05. The maximum Gasteiger partial charge on any atom is 0.119 e. The molecule has 0 amide bonds. The standard InChI is InChI=1S/C19H28O3/c1-14(6-5-7-15(2)13-22-4)8-9-17-11-18(12-20)16(3)10-19(17)21/h7-8,10-11,20-21H,5-6,9,12-13H2,1-4H3/b14-8+,15-7+. The predicted molar refractivity (Wildman–Crippen MR) is 91.1 cm³/mol. The SMILES string of the molecule is COC/C(C)=C/CC/C(C)=C/Cc1cc(CO)c(C)cc1O. The monoisotopic (exact) mass is 304 g/mol. The molecule has 0 saturated carbocycles. The van der Waals surface area contributed by atoms with Gasteiger partial charge in [0.25, 0.3) is 0 Å². The van der Waals surface area contributed by atoms with Crippen LogP contribution in [-0.2, 0) is 17.8 Å². The molecule has 0 bridgehead atoms. The highest BCUT2D eigenvalue weighted by Crippen LogP contribution is 2.23. The fraction of sp³-hybridized carbons (Fsp3) is 0.474. The number of benzene rings is 1. The largest absolute Gasteiger partial charge is 0.508 e. The van der Waals surface area contributed by atoms with Gasteiger partial charge in [0.05, 0.1) is 13.2 Å². The first-order valence-corrected chi connectivity index (χ1v) is 7.70. The molecule has 0 unspecified atom stereocenters. The number of methoxy groups -OCH3 is 1. The molecule has 1 aromatic rings. The van der Waals surface area contributed by atoms with E-state index in [-0.39, 0.29) is 6.61 Å². The van der Waals surface area contributed by atoms with Gasteiger partial charge >= 0.3 is 0 Å². The molecule has 0 aromatic heterocycles. The van der Waals surface area contributed by atoms with Crippen molar-refractivity contribution < 1.29 is 14.9 Å². The second-order valence-corrected chi connectivity index (χ2v) is 5.84. The van der Waals surface area contributed by atoms with E-state index in [1.807, 2.05) is 13.0 Å². The van der Waals surface area contributed by atoms with Crippen molar-refractivity contribution in [2.24, 2.45) is 0 Å². The number of aliphatic hydroxyl groups excluding tert-OH is 1. The first-order valence-electron chi connectivity index (χ1n) is 7.70. The lowest BCUT2D eigenvalue weighted by Crippen LogP contribution is -1.93. The van der Waals surface area contributed by atoms with Gasteiger partial charge in [-0.3, -0.25) is 0 Å². The molecule has 0 aliphatic heterocycles. The molecular weight excluding hydrogens is 276 g/mol. The topological polar surface area (TPSA) is 49.7 Å². The van der Waals surface area contributed by atoms with Crippen LogP contribution in [0.4, 0.5) is 0 Å². The molecule has 0 spiro atoms. The first kappa shape index (κ1) is 18.5. The van der Waals surface area contributed by atoms with Gasteiger partial charge in [0, 0.05) is 7.11 Å². The van der Waals surface area contributed by atoms with Gasteiger partial charge in [-0.25, -0.2) is 0 Å². The fourth-order valence-electron chi connectivity index (χ4n) is 2.34. The van der Waals surface area contributed by atoms with Crippen molar-refractivity contribution in [1.29, 1.82) is 0 Å². The Hall–Kier alpha value is -1.58. The lowest BCUT2D eigenvalue weighted by Gasteiger charge is -2.08. The van der Waals surface area contributed by atoms with Gasteiger partial charge < -0.3 is 14.9 Å². The number of phenols is 1. The molecule has 0 saturated heterocycles. The van der Waals surface area contributed by atoms with Crippen LogP contribution in [0, 0.1) is 6.92 Å². The molecule has 0 aliphatic carbocycles. The molecule has 22 heavy (non-hydrogen) atoms. The first-order chi connectivity index (χ1) is 10.5. The summed E-state index contributed by atoms with van der Waals surface area (Å²) in [5, 5.41) is 19.3. The summed E-state index contributed by atoms with van der Waals surface area (Å²) in [5.74, 6) is 0.301. The molecule has 0 radical (unpaired) electrons. The van der Waals surface area contributed by atoms with E-state index in [1.165, 1.54) is 11.1 Å². The van der Waals surface area contributed by atoms with Gasteiger partial charge in [-0.1, -0.05) is 23.3 Å². The van der Waals surface area contributed by atoms with E-state index in [4.69, 9.17) is 4.74 Å². The van der Waals surface area contributed by atoms with Crippen molar-refractivity contribution >= 4 is 0 Å². The summed E-state index contributed by atoms with van der Waals surface area (Å²) in [7, 11) is 1.71. The summed E-state index contributed by atoms with van der Waals surface area (Å²) in [6.07, 6.45) is 7.03. The fourth-order valence-corrected chi connectivity index (χ4v) is 2.34. The number of aryl methyl sites for hydroxylation is 1. The minimum absolute atomic E-state index is 0.00534. The second-order valence-electron chi connectivity index (χ2n) is 5.84. The summed E-state index contributed by atoms with van der Waals surface area (Å²) in [5.41, 5.74) is 5.20. The number of ether oxygens (including phenoxy) is 1. The van der Waals surface area contributed by atoms with Gasteiger partial charge in [-0.15, -0.1) is 0 Å². The molecule has 3 heteroatoms. The Morgan fingerprint density at radius 2 is 1.86 bits per heavy atom. The Kier molecular flexibility index (Phi) is 7.92. The molecule has 0 fully saturated rings. The lowest BCUT2D eigenvalue weighted by atomic mass is 10.0. The number of hydrogen-bond donors (Lipinski definition) is 2. The summed E-state index contributed by atoms with van der Waals surface area (Å²) < 4.78 is 5.08. The number of phenolic OH excluding ortho intramolecular Hbond substituents is 1. The van der Waals surface area contributed by atoms with Crippen LogP contribution >= 0.6 is 0 Å². The van der Waals surface area contributed by atoms with E-state index in [2.05, 4.69) is 26.0 Å². The predicted octanol–water partition coefficient (Wildman–Crippen LogP) is 4.05. The molecule has 1 rings (SSSR count). The van der Waals surface area contributed by atoms with Gasteiger partial charge in [-0.2, -0.15) is 0 Å². The third-order valence-corrected chi connectivity index (χ3v) is 3.78. The van der Waals surface area contributed by atoms with Crippen molar-refractivity contribution in [2.75, 3.05) is 13.7 Å². The van der Waals surface area contributed by atoms with Crippen molar-refractivity contribution in [3.05, 3.63) is 52.1 Å². The van der Waals surface area contributed by atoms with Crippen LogP contribution in [-0.4, -0.2) is 23.9 Å². The van der Waals surface area contributed by atoms with E-state index >= 15 is 0 Å². The summed E-state index contributed by atoms with van der Waals surface area (Å²) >= 11 is 0. The van der Waals surface area contributed by atoms with E-state index in [0.29, 0.717) is 18.8 Å². The molecule has 2 N–H and O–H groups in total. The highest BCUT2D eigenvalue weighted by atomic mass is 16.5. The third kappa shape index (κ3) is 6.04. The van der Waals surface area contributed by atoms with E-state index in [9.17, 15) is 10.2 Å². The number of aliphatic hydroxyl groups is 1. The van der Waals surface area contributed by atoms with Gasteiger partial charge in [0.2, 0.25) is 0 Å². The average Bonchev–Trinajstić information content (AvgIpc) is 2.46. The summed E-state index contributed by atoms with van der Waals surface area (Å²) in [4.78, 5) is 0. The van der Waals surface area contributed by atoms with Gasteiger partial charge in [-0.05, 0) is 68.9 Å². The minimum Gasteiger partial charge on any atom is -0.508 e. The summed E-state index contributed by atoms with van der Waals surface area (Å²) in [6, 6.07) is 3.61. The quantitative estimate of drug-likeness (QED) is 0.712. The Bertz CT molecular complexity index is 542.